The van der Waals surface area contributed by atoms with Gasteiger partial charge in [-0.3, -0.25) is 0 Å². The van der Waals surface area contributed by atoms with Crippen LogP contribution < -0.4 is 16.0 Å². The summed E-state index contributed by atoms with van der Waals surface area (Å²) in [7, 11) is -0.917. The van der Waals surface area contributed by atoms with Gasteiger partial charge in [0.15, 0.2) is 5.15 Å². The number of benzene rings is 3. The normalized spacial score (nSPS) is 11.2. The van der Waals surface area contributed by atoms with Crippen molar-refractivity contribution in [2.45, 2.75) is 0 Å². The molecule has 25 heavy (non-hydrogen) atoms. The van der Waals surface area contributed by atoms with Crippen LogP contribution in [0.1, 0.15) is 0 Å². The lowest BCUT2D eigenvalue weighted by Gasteiger charge is -2.19. The molecule has 0 saturated heterocycles. The summed E-state index contributed by atoms with van der Waals surface area (Å²) in [6, 6.07) is 26.1. The summed E-state index contributed by atoms with van der Waals surface area (Å²) in [5, 5.41) is 3.35. The van der Waals surface area contributed by atoms with E-state index in [2.05, 4.69) is 29.2 Å². The summed E-state index contributed by atoms with van der Waals surface area (Å²) < 4.78 is 0. The molecule has 0 atom stereocenters. The monoisotopic (exact) mass is 382 g/mol. The molecule has 0 aliphatic carbocycles. The Morgan fingerprint density at radius 3 is 1.84 bits per heavy atom. The van der Waals surface area contributed by atoms with E-state index in [9.17, 15) is 0 Å². The average molecular weight is 383 g/mol. The van der Waals surface area contributed by atoms with Crippen LogP contribution in [-0.2, 0) is 0 Å². The molecule has 0 N–H and O–H groups in total. The zero-order valence-corrected chi connectivity index (χ0v) is 15.5. The minimum atomic E-state index is -0.917. The molecule has 2 nitrogen and oxygen atoms in total. The van der Waals surface area contributed by atoms with Gasteiger partial charge in [0.2, 0.25) is 0 Å². The van der Waals surface area contributed by atoms with Crippen molar-refractivity contribution < 1.29 is 0 Å². The van der Waals surface area contributed by atoms with Crippen LogP contribution >= 0.6 is 31.1 Å². The first-order valence-electron chi connectivity index (χ1n) is 7.76. The largest absolute Gasteiger partial charge is 0.241 e. The second-order valence-electron chi connectivity index (χ2n) is 5.45. The highest BCUT2D eigenvalue weighted by molar-refractivity contribution is 7.79. The molecule has 0 aliphatic heterocycles. The van der Waals surface area contributed by atoms with E-state index in [1.165, 1.54) is 10.6 Å². The van der Waals surface area contributed by atoms with Gasteiger partial charge in [0.1, 0.15) is 11.0 Å². The molecule has 0 bridgehead atoms. The lowest BCUT2D eigenvalue weighted by Crippen LogP contribution is -2.24. The minimum Gasteiger partial charge on any atom is -0.241 e. The molecule has 0 fully saturated rings. The average Bonchev–Trinajstić information content (AvgIpc) is 2.65. The first kappa shape index (κ1) is 16.5. The molecular weight excluding hydrogens is 370 g/mol. The van der Waals surface area contributed by atoms with Crippen LogP contribution in [0.15, 0.2) is 78.9 Å². The first-order valence-corrected chi connectivity index (χ1v) is 9.86. The Bertz CT molecular complexity index is 984. The van der Waals surface area contributed by atoms with Crippen LogP contribution in [-0.4, -0.2) is 9.97 Å². The molecule has 1 aromatic heterocycles. The Kier molecular flexibility index (Phi) is 4.67. The Hall–Kier alpha value is -1.99. The fourth-order valence-electron chi connectivity index (χ4n) is 2.70. The quantitative estimate of drug-likeness (QED) is 0.480. The number of para-hydroxylation sites is 1. The van der Waals surface area contributed by atoms with Crippen LogP contribution in [0.2, 0.25) is 10.2 Å². The molecule has 0 spiro atoms. The maximum absolute atomic E-state index is 6.55. The Morgan fingerprint density at radius 2 is 1.24 bits per heavy atom. The van der Waals surface area contributed by atoms with E-state index < -0.39 is 7.92 Å². The first-order chi connectivity index (χ1) is 12.2. The van der Waals surface area contributed by atoms with E-state index in [1.807, 2.05) is 54.6 Å². The van der Waals surface area contributed by atoms with Crippen molar-refractivity contribution >= 4 is 58.2 Å². The molecule has 5 heteroatoms. The smallest absolute Gasteiger partial charge is 0.156 e. The van der Waals surface area contributed by atoms with E-state index in [1.54, 1.807) is 0 Å². The number of nitrogens with zero attached hydrogens (tertiary/aromatic N) is 2. The highest BCUT2D eigenvalue weighted by Crippen LogP contribution is 2.35. The summed E-state index contributed by atoms with van der Waals surface area (Å²) in [5.74, 6) is 0. The summed E-state index contributed by atoms with van der Waals surface area (Å²) in [5.41, 5.74) is 2.16. The molecule has 0 aliphatic rings. The van der Waals surface area contributed by atoms with E-state index >= 15 is 0 Å². The van der Waals surface area contributed by atoms with Crippen molar-refractivity contribution in [3.05, 3.63) is 89.0 Å². The second kappa shape index (κ2) is 7.09. The van der Waals surface area contributed by atoms with Crippen molar-refractivity contribution in [3.8, 4) is 0 Å². The molecule has 4 aromatic rings. The molecule has 122 valence electrons. The number of fused-ring (bicyclic) bond motifs is 1. The van der Waals surface area contributed by atoms with E-state index in [4.69, 9.17) is 28.2 Å². The van der Waals surface area contributed by atoms with E-state index in [0.29, 0.717) is 21.2 Å². The van der Waals surface area contributed by atoms with Gasteiger partial charge in [0.25, 0.3) is 0 Å². The predicted molar refractivity (Wildman–Crippen MR) is 108 cm³/mol. The number of hydrogen-bond acceptors (Lipinski definition) is 2. The lowest BCUT2D eigenvalue weighted by molar-refractivity contribution is 1.34. The Balaban J connectivity index is 1.98. The Morgan fingerprint density at radius 1 is 0.640 bits per heavy atom. The highest BCUT2D eigenvalue weighted by atomic mass is 35.5. The van der Waals surface area contributed by atoms with Gasteiger partial charge in [-0.2, -0.15) is 0 Å². The van der Waals surface area contributed by atoms with Crippen LogP contribution in [0, 0.1) is 0 Å². The van der Waals surface area contributed by atoms with Crippen molar-refractivity contribution in [2.75, 3.05) is 0 Å². The zero-order chi connectivity index (χ0) is 17.2. The molecule has 0 saturated carbocycles. The number of rotatable bonds is 3. The van der Waals surface area contributed by atoms with E-state index in [-0.39, 0.29) is 0 Å². The van der Waals surface area contributed by atoms with Gasteiger partial charge < -0.3 is 0 Å². The molecule has 4 rings (SSSR count). The third kappa shape index (κ3) is 3.26. The molecule has 3 aromatic carbocycles. The maximum Gasteiger partial charge on any atom is 0.156 e. The summed E-state index contributed by atoms with van der Waals surface area (Å²) >= 11 is 12.9. The second-order valence-corrected chi connectivity index (χ2v) is 8.34. The molecule has 0 unspecified atom stereocenters. The van der Waals surface area contributed by atoms with Gasteiger partial charge in [0.05, 0.1) is 10.5 Å². The van der Waals surface area contributed by atoms with E-state index in [0.717, 1.165) is 5.44 Å². The summed E-state index contributed by atoms with van der Waals surface area (Å²) in [6.07, 6.45) is 0. The van der Waals surface area contributed by atoms with Gasteiger partial charge in [-0.15, -0.1) is 0 Å². The highest BCUT2D eigenvalue weighted by Gasteiger charge is 2.22. The molecule has 1 heterocycles. The van der Waals surface area contributed by atoms with Crippen molar-refractivity contribution in [2.24, 2.45) is 0 Å². The molecule has 0 amide bonds. The van der Waals surface area contributed by atoms with Crippen LogP contribution in [0.4, 0.5) is 0 Å². The molecular formula is C20H13Cl2N2P. The SMILES string of the molecule is Clc1nc2cccc(Cl)c2nc1P(c1ccccc1)c1ccccc1. The summed E-state index contributed by atoms with van der Waals surface area (Å²) in [6.45, 7) is 0. The molecule has 0 radical (unpaired) electrons. The minimum absolute atomic E-state index is 0.425. The van der Waals surface area contributed by atoms with Crippen LogP contribution in [0.3, 0.4) is 0 Å². The van der Waals surface area contributed by atoms with Crippen LogP contribution in [0.25, 0.3) is 11.0 Å². The topological polar surface area (TPSA) is 25.8 Å². The standard InChI is InChI=1S/C20H13Cl2N2P/c21-16-12-7-13-17-18(16)24-20(19(22)23-17)25(14-8-3-1-4-9-14)15-10-5-2-6-11-15/h1-13H. The van der Waals surface area contributed by atoms with Gasteiger partial charge in [0, 0.05) is 7.92 Å². The van der Waals surface area contributed by atoms with Gasteiger partial charge in [-0.1, -0.05) is 89.9 Å². The van der Waals surface area contributed by atoms with Crippen molar-refractivity contribution in [1.82, 2.24) is 9.97 Å². The fraction of sp³-hybridized carbons (Fsp3) is 0. The van der Waals surface area contributed by atoms with Crippen LogP contribution in [0.5, 0.6) is 0 Å². The van der Waals surface area contributed by atoms with Crippen molar-refractivity contribution in [3.63, 3.8) is 0 Å². The Labute approximate surface area is 157 Å². The fourth-order valence-corrected chi connectivity index (χ4v) is 5.46. The van der Waals surface area contributed by atoms with Crippen molar-refractivity contribution in [1.29, 1.82) is 0 Å². The van der Waals surface area contributed by atoms with Gasteiger partial charge in [-0.05, 0) is 22.7 Å². The number of hydrogen-bond donors (Lipinski definition) is 0. The summed E-state index contributed by atoms with van der Waals surface area (Å²) in [4.78, 5) is 9.37. The number of halogens is 2. The predicted octanol–water partition coefficient (Wildman–Crippen LogP) is 4.69. The zero-order valence-electron chi connectivity index (χ0n) is 13.1. The third-order valence-corrected chi connectivity index (χ3v) is 6.89. The van der Waals surface area contributed by atoms with Gasteiger partial charge >= 0.3 is 0 Å². The van der Waals surface area contributed by atoms with Gasteiger partial charge in [-0.25, -0.2) is 9.97 Å². The maximum atomic E-state index is 6.55. The number of aromatic nitrogens is 2. The third-order valence-electron chi connectivity index (χ3n) is 3.83. The lowest BCUT2D eigenvalue weighted by atomic mass is 10.3.